The van der Waals surface area contributed by atoms with Gasteiger partial charge in [0.2, 0.25) is 0 Å². The summed E-state index contributed by atoms with van der Waals surface area (Å²) in [6.45, 7) is 3.57. The molecule has 0 heterocycles. The van der Waals surface area contributed by atoms with Crippen LogP contribution in [0, 0.1) is 0 Å². The number of aryl methyl sites for hydroxylation is 1. The van der Waals surface area contributed by atoms with E-state index >= 15 is 0 Å². The van der Waals surface area contributed by atoms with Crippen molar-refractivity contribution in [3.8, 4) is 0 Å². The van der Waals surface area contributed by atoms with Crippen LogP contribution in [0.15, 0.2) is 84.9 Å². The zero-order valence-corrected chi connectivity index (χ0v) is 18.1. The van der Waals surface area contributed by atoms with Gasteiger partial charge in [-0.15, -0.1) is 0 Å². The number of carbonyl (C=O) groups is 2. The van der Waals surface area contributed by atoms with Gasteiger partial charge >= 0.3 is 5.97 Å². The summed E-state index contributed by atoms with van der Waals surface area (Å²) in [4.78, 5) is 25.3. The highest BCUT2D eigenvalue weighted by Crippen LogP contribution is 2.16. The van der Waals surface area contributed by atoms with Crippen molar-refractivity contribution >= 4 is 11.9 Å². The van der Waals surface area contributed by atoms with Crippen LogP contribution in [0.3, 0.4) is 0 Å². The molecule has 0 aromatic heterocycles. The predicted molar refractivity (Wildman–Crippen MR) is 123 cm³/mol. The molecule has 0 unspecified atom stereocenters. The Hall–Kier alpha value is -3.40. The fraction of sp³-hybridized carbons (Fsp3) is 0.259. The topological polar surface area (TPSA) is 55.4 Å². The third-order valence-electron chi connectivity index (χ3n) is 5.23. The van der Waals surface area contributed by atoms with E-state index in [0.717, 1.165) is 24.0 Å². The lowest BCUT2D eigenvalue weighted by atomic mass is 10.00. The van der Waals surface area contributed by atoms with E-state index in [1.165, 1.54) is 5.56 Å². The molecule has 31 heavy (non-hydrogen) atoms. The van der Waals surface area contributed by atoms with Crippen molar-refractivity contribution in [3.63, 3.8) is 0 Å². The Labute approximate surface area is 184 Å². The third-order valence-corrected chi connectivity index (χ3v) is 5.23. The average Bonchev–Trinajstić information content (AvgIpc) is 2.79. The molecule has 2 atom stereocenters. The first-order chi connectivity index (χ1) is 15.0. The lowest BCUT2D eigenvalue weighted by molar-refractivity contribution is -0.129. The zero-order valence-electron chi connectivity index (χ0n) is 18.1. The van der Waals surface area contributed by atoms with Crippen molar-refractivity contribution in [1.29, 1.82) is 0 Å². The summed E-state index contributed by atoms with van der Waals surface area (Å²) in [6.07, 6.45) is 1.46. The normalized spacial score (nSPS) is 12.6. The Morgan fingerprint density at radius 1 is 0.806 bits per heavy atom. The van der Waals surface area contributed by atoms with Crippen LogP contribution in [-0.4, -0.2) is 24.0 Å². The van der Waals surface area contributed by atoms with Gasteiger partial charge in [0.15, 0.2) is 6.10 Å². The lowest BCUT2D eigenvalue weighted by Crippen LogP contribution is -2.41. The van der Waals surface area contributed by atoms with Gasteiger partial charge < -0.3 is 10.1 Å². The lowest BCUT2D eigenvalue weighted by Gasteiger charge is -2.18. The second kappa shape index (κ2) is 11.1. The fourth-order valence-corrected chi connectivity index (χ4v) is 3.43. The molecule has 4 nitrogen and oxygen atoms in total. The van der Waals surface area contributed by atoms with Gasteiger partial charge in [-0.1, -0.05) is 78.9 Å². The van der Waals surface area contributed by atoms with Gasteiger partial charge in [-0.3, -0.25) is 4.79 Å². The predicted octanol–water partition coefficient (Wildman–Crippen LogP) is 4.96. The summed E-state index contributed by atoms with van der Waals surface area (Å²) < 4.78 is 5.49. The molecule has 0 aliphatic carbocycles. The van der Waals surface area contributed by atoms with Gasteiger partial charge in [-0.05, 0) is 55.9 Å². The van der Waals surface area contributed by atoms with Crippen LogP contribution >= 0.6 is 0 Å². The van der Waals surface area contributed by atoms with Crippen molar-refractivity contribution in [3.05, 3.63) is 107 Å². The maximum atomic E-state index is 12.8. The van der Waals surface area contributed by atoms with E-state index < -0.39 is 12.1 Å². The summed E-state index contributed by atoms with van der Waals surface area (Å²) in [5.41, 5.74) is 3.71. The minimum Gasteiger partial charge on any atom is -0.449 e. The van der Waals surface area contributed by atoms with E-state index in [4.69, 9.17) is 4.74 Å². The molecule has 0 bridgehead atoms. The molecule has 0 aliphatic heterocycles. The van der Waals surface area contributed by atoms with E-state index in [1.54, 1.807) is 13.0 Å². The quantitative estimate of drug-likeness (QED) is 0.503. The molecule has 1 N–H and O–H groups in total. The van der Waals surface area contributed by atoms with Crippen LogP contribution in [0.1, 0.15) is 47.3 Å². The zero-order chi connectivity index (χ0) is 22.1. The highest BCUT2D eigenvalue weighted by molar-refractivity contribution is 5.93. The second-order valence-corrected chi connectivity index (χ2v) is 7.80. The van der Waals surface area contributed by atoms with Gasteiger partial charge in [0.25, 0.3) is 5.91 Å². The highest BCUT2D eigenvalue weighted by atomic mass is 16.5. The van der Waals surface area contributed by atoms with Crippen LogP contribution in [0.5, 0.6) is 0 Å². The first kappa shape index (κ1) is 22.3. The van der Waals surface area contributed by atoms with E-state index in [9.17, 15) is 9.59 Å². The first-order valence-electron chi connectivity index (χ1n) is 10.7. The molecule has 1 amide bonds. The number of carbonyl (C=O) groups excluding carboxylic acids is 2. The van der Waals surface area contributed by atoms with E-state index in [2.05, 4.69) is 17.4 Å². The number of hydrogen-bond donors (Lipinski definition) is 1. The Morgan fingerprint density at radius 3 is 2.06 bits per heavy atom. The van der Waals surface area contributed by atoms with Crippen molar-refractivity contribution < 1.29 is 14.3 Å². The number of esters is 1. The van der Waals surface area contributed by atoms with Crippen molar-refractivity contribution in [2.24, 2.45) is 0 Å². The van der Waals surface area contributed by atoms with Gasteiger partial charge in [0.05, 0.1) is 5.56 Å². The van der Waals surface area contributed by atoms with Crippen molar-refractivity contribution in [1.82, 2.24) is 5.32 Å². The smallest absolute Gasteiger partial charge is 0.339 e. The molecule has 0 radical (unpaired) electrons. The fourth-order valence-electron chi connectivity index (χ4n) is 3.43. The van der Waals surface area contributed by atoms with E-state index in [0.29, 0.717) is 12.0 Å². The summed E-state index contributed by atoms with van der Waals surface area (Å²) >= 11 is 0. The molecule has 4 heteroatoms. The number of hydrogen-bond acceptors (Lipinski definition) is 3. The molecule has 3 rings (SSSR count). The molecule has 160 valence electrons. The summed E-state index contributed by atoms with van der Waals surface area (Å²) in [6, 6.07) is 27.5. The highest BCUT2D eigenvalue weighted by Gasteiger charge is 2.21. The van der Waals surface area contributed by atoms with Gasteiger partial charge in [-0.2, -0.15) is 0 Å². The molecular weight excluding hydrogens is 386 g/mol. The summed E-state index contributed by atoms with van der Waals surface area (Å²) in [7, 11) is 0. The second-order valence-electron chi connectivity index (χ2n) is 7.80. The number of ether oxygens (including phenoxy) is 1. The Kier molecular flexibility index (Phi) is 7.99. The van der Waals surface area contributed by atoms with Crippen molar-refractivity contribution in [2.75, 3.05) is 0 Å². The monoisotopic (exact) mass is 415 g/mol. The van der Waals surface area contributed by atoms with E-state index in [-0.39, 0.29) is 11.9 Å². The van der Waals surface area contributed by atoms with Gasteiger partial charge in [-0.25, -0.2) is 4.79 Å². The van der Waals surface area contributed by atoms with Crippen LogP contribution in [0.4, 0.5) is 0 Å². The van der Waals surface area contributed by atoms with Crippen LogP contribution < -0.4 is 5.32 Å². The Morgan fingerprint density at radius 2 is 1.39 bits per heavy atom. The Bertz CT molecular complexity index is 986. The molecule has 3 aromatic rings. The minimum absolute atomic E-state index is 0.0146. The van der Waals surface area contributed by atoms with E-state index in [1.807, 2.05) is 73.7 Å². The standard InChI is InChI=1S/C27H29NO3/c1-20(17-18-22-11-5-3-6-12-22)28-26(29)21(2)31-27(30)25-16-10-9-15-24(25)19-23-13-7-4-8-14-23/h3-16,20-21H,17-19H2,1-2H3,(H,28,29)/t20-,21+/m1/s1. The first-order valence-corrected chi connectivity index (χ1v) is 10.7. The van der Waals surface area contributed by atoms with Gasteiger partial charge in [0.1, 0.15) is 0 Å². The third kappa shape index (κ3) is 6.82. The molecule has 3 aromatic carbocycles. The molecule has 0 aliphatic rings. The SMILES string of the molecule is C[C@H](CCc1ccccc1)NC(=O)[C@H](C)OC(=O)c1ccccc1Cc1ccccc1. The molecule has 0 fully saturated rings. The van der Waals surface area contributed by atoms with Crippen LogP contribution in [0.2, 0.25) is 0 Å². The number of nitrogens with one attached hydrogen (secondary N) is 1. The average molecular weight is 416 g/mol. The van der Waals surface area contributed by atoms with Gasteiger partial charge in [0, 0.05) is 6.04 Å². The number of rotatable bonds is 9. The van der Waals surface area contributed by atoms with Crippen LogP contribution in [-0.2, 0) is 22.4 Å². The molecule has 0 saturated carbocycles. The molecule has 0 spiro atoms. The molecule has 0 saturated heterocycles. The Balaban J connectivity index is 1.54. The van der Waals surface area contributed by atoms with Crippen molar-refractivity contribution in [2.45, 2.75) is 45.3 Å². The summed E-state index contributed by atoms with van der Waals surface area (Å²) in [5.74, 6) is -0.763. The largest absolute Gasteiger partial charge is 0.449 e. The number of amides is 1. The number of benzene rings is 3. The minimum atomic E-state index is -0.864. The maximum Gasteiger partial charge on any atom is 0.339 e. The summed E-state index contributed by atoms with van der Waals surface area (Å²) in [5, 5.41) is 2.95. The van der Waals surface area contributed by atoms with Crippen LogP contribution in [0.25, 0.3) is 0 Å². The molecular formula is C27H29NO3. The maximum absolute atomic E-state index is 12.8.